The van der Waals surface area contributed by atoms with E-state index >= 15 is 0 Å². The molecule has 2 aliphatic heterocycles. The van der Waals surface area contributed by atoms with Gasteiger partial charge in [0.15, 0.2) is 12.1 Å². The molecule has 2 rings (SSSR count). The van der Waals surface area contributed by atoms with Crippen molar-refractivity contribution in [1.82, 2.24) is 0 Å². The average molecular weight is 320 g/mol. The first-order valence-electron chi connectivity index (χ1n) is 7.24. The fourth-order valence-electron chi connectivity index (χ4n) is 2.65. The second-order valence-corrected chi connectivity index (χ2v) is 7.51. The second-order valence-electron chi connectivity index (χ2n) is 5.91. The molecule has 0 aromatic carbocycles. The van der Waals surface area contributed by atoms with Crippen LogP contribution in [0.4, 0.5) is 0 Å². The van der Waals surface area contributed by atoms with Crippen molar-refractivity contribution < 1.29 is 26.8 Å². The summed E-state index contributed by atoms with van der Waals surface area (Å²) < 4.78 is 45.2. The molecule has 7 heteroatoms. The lowest BCUT2D eigenvalue weighted by Crippen LogP contribution is -2.33. The van der Waals surface area contributed by atoms with Gasteiger partial charge in [-0.2, -0.15) is 8.42 Å². The molecule has 0 amide bonds. The molecule has 0 unspecified atom stereocenters. The normalized spacial score (nSPS) is 33.4. The molecule has 0 aliphatic carbocycles. The predicted octanol–water partition coefficient (Wildman–Crippen LogP) is 1.95. The van der Waals surface area contributed by atoms with E-state index in [0.717, 1.165) is 12.7 Å². The lowest BCUT2D eigenvalue weighted by Gasteiger charge is -2.24. The molecule has 2 aliphatic rings. The zero-order valence-electron chi connectivity index (χ0n) is 12.9. The van der Waals surface area contributed by atoms with E-state index < -0.39 is 28.3 Å². The van der Waals surface area contributed by atoms with E-state index in [4.69, 9.17) is 18.4 Å². The zero-order valence-corrected chi connectivity index (χ0v) is 13.8. The third kappa shape index (κ3) is 4.75. The van der Waals surface area contributed by atoms with Crippen molar-refractivity contribution in [3.8, 4) is 0 Å². The van der Waals surface area contributed by atoms with Gasteiger partial charge in [0.1, 0.15) is 12.2 Å². The maximum Gasteiger partial charge on any atom is 0.264 e. The van der Waals surface area contributed by atoms with Crippen molar-refractivity contribution in [2.45, 2.75) is 70.4 Å². The standard InChI is InChI=1S/C14H24O6S/c1-5-6-7-8-10(20-21(4,15)16)11-9-12-13(17-11)19-14(2,3)18-12/h6-7,10-13H,5,8-9H2,1-4H3/b7-6+/t10-,11-,12+,13+/m0/s1. The minimum atomic E-state index is -3.54. The van der Waals surface area contributed by atoms with Gasteiger partial charge in [0.25, 0.3) is 10.1 Å². The highest BCUT2D eigenvalue weighted by molar-refractivity contribution is 7.86. The summed E-state index contributed by atoms with van der Waals surface area (Å²) in [6, 6.07) is 0. The Morgan fingerprint density at radius 1 is 1.33 bits per heavy atom. The highest BCUT2D eigenvalue weighted by Crippen LogP contribution is 2.39. The summed E-state index contributed by atoms with van der Waals surface area (Å²) in [6.07, 6.45) is 5.34. The molecule has 21 heavy (non-hydrogen) atoms. The number of ether oxygens (including phenoxy) is 3. The molecule has 0 spiro atoms. The molecule has 4 atom stereocenters. The molecule has 2 fully saturated rings. The summed E-state index contributed by atoms with van der Waals surface area (Å²) in [5, 5.41) is 0. The fourth-order valence-corrected chi connectivity index (χ4v) is 3.30. The van der Waals surface area contributed by atoms with E-state index in [2.05, 4.69) is 0 Å². The molecule has 0 aromatic heterocycles. The first kappa shape index (κ1) is 16.9. The zero-order chi connectivity index (χ0) is 15.7. The van der Waals surface area contributed by atoms with Crippen LogP contribution < -0.4 is 0 Å². The van der Waals surface area contributed by atoms with Gasteiger partial charge in [-0.3, -0.25) is 4.18 Å². The minimum absolute atomic E-state index is 0.175. The Balaban J connectivity index is 2.00. The third-order valence-corrected chi connectivity index (χ3v) is 3.99. The first-order chi connectivity index (χ1) is 9.70. The van der Waals surface area contributed by atoms with Crippen molar-refractivity contribution in [2.24, 2.45) is 0 Å². The molecule has 0 aromatic rings. The summed E-state index contributed by atoms with van der Waals surface area (Å²) in [5.41, 5.74) is 0. The van der Waals surface area contributed by atoms with Crippen LogP contribution in [0.5, 0.6) is 0 Å². The monoisotopic (exact) mass is 320 g/mol. The molecular formula is C14H24O6S. The number of hydrogen-bond acceptors (Lipinski definition) is 6. The second kappa shape index (κ2) is 6.34. The third-order valence-electron chi connectivity index (χ3n) is 3.40. The summed E-state index contributed by atoms with van der Waals surface area (Å²) in [5.74, 6) is -0.657. The van der Waals surface area contributed by atoms with Crippen molar-refractivity contribution in [2.75, 3.05) is 6.26 Å². The number of allylic oxidation sites excluding steroid dienone is 1. The van der Waals surface area contributed by atoms with Crippen LogP contribution in [-0.2, 0) is 28.5 Å². The van der Waals surface area contributed by atoms with Crippen LogP contribution in [0.3, 0.4) is 0 Å². The summed E-state index contributed by atoms with van der Waals surface area (Å²) in [7, 11) is -3.54. The largest absolute Gasteiger partial charge is 0.344 e. The van der Waals surface area contributed by atoms with E-state index in [1.165, 1.54) is 0 Å². The SMILES string of the molecule is CC/C=C/C[C@H](OS(C)(=O)=O)[C@@H]1C[C@H]2OC(C)(C)O[C@H]2O1. The molecule has 6 nitrogen and oxygen atoms in total. The first-order valence-corrected chi connectivity index (χ1v) is 9.06. The van der Waals surface area contributed by atoms with Gasteiger partial charge in [-0.15, -0.1) is 0 Å². The molecule has 0 bridgehead atoms. The highest BCUT2D eigenvalue weighted by atomic mass is 32.2. The van der Waals surface area contributed by atoms with Crippen molar-refractivity contribution in [1.29, 1.82) is 0 Å². The Morgan fingerprint density at radius 3 is 2.62 bits per heavy atom. The van der Waals surface area contributed by atoms with Gasteiger partial charge in [0.2, 0.25) is 0 Å². The van der Waals surface area contributed by atoms with Crippen LogP contribution in [0.25, 0.3) is 0 Å². The van der Waals surface area contributed by atoms with Crippen molar-refractivity contribution in [3.05, 3.63) is 12.2 Å². The van der Waals surface area contributed by atoms with Gasteiger partial charge in [-0.1, -0.05) is 19.1 Å². The smallest absolute Gasteiger partial charge is 0.264 e. The lowest BCUT2D eigenvalue weighted by molar-refractivity contribution is -0.212. The van der Waals surface area contributed by atoms with Gasteiger partial charge < -0.3 is 14.2 Å². The highest BCUT2D eigenvalue weighted by Gasteiger charge is 2.50. The Hall–Kier alpha value is -0.470. The van der Waals surface area contributed by atoms with Gasteiger partial charge >= 0.3 is 0 Å². The quantitative estimate of drug-likeness (QED) is 0.550. The Labute approximate surface area is 126 Å². The minimum Gasteiger partial charge on any atom is -0.344 e. The molecular weight excluding hydrogens is 296 g/mol. The maximum absolute atomic E-state index is 11.4. The van der Waals surface area contributed by atoms with E-state index in [1.54, 1.807) is 0 Å². The topological polar surface area (TPSA) is 71.1 Å². The van der Waals surface area contributed by atoms with Crippen LogP contribution in [0.1, 0.15) is 40.0 Å². The van der Waals surface area contributed by atoms with Crippen LogP contribution in [0, 0.1) is 0 Å². The average Bonchev–Trinajstić information content (AvgIpc) is 2.79. The Kier molecular flexibility index (Phi) is 5.10. The molecule has 0 saturated carbocycles. The van der Waals surface area contributed by atoms with E-state index in [-0.39, 0.29) is 12.2 Å². The van der Waals surface area contributed by atoms with Crippen LogP contribution >= 0.6 is 0 Å². The fraction of sp³-hybridized carbons (Fsp3) is 0.857. The number of hydrogen-bond donors (Lipinski definition) is 0. The van der Waals surface area contributed by atoms with Crippen LogP contribution in [0.2, 0.25) is 0 Å². The summed E-state index contributed by atoms with van der Waals surface area (Å²) in [6.45, 7) is 5.68. The summed E-state index contributed by atoms with van der Waals surface area (Å²) in [4.78, 5) is 0. The molecule has 0 N–H and O–H groups in total. The van der Waals surface area contributed by atoms with Crippen LogP contribution in [0.15, 0.2) is 12.2 Å². The molecule has 2 heterocycles. The maximum atomic E-state index is 11.4. The van der Waals surface area contributed by atoms with Gasteiger partial charge in [0, 0.05) is 6.42 Å². The van der Waals surface area contributed by atoms with Gasteiger partial charge in [-0.05, 0) is 26.7 Å². The van der Waals surface area contributed by atoms with E-state index in [9.17, 15) is 8.42 Å². The number of rotatable bonds is 6. The Bertz CT molecular complexity index is 468. The van der Waals surface area contributed by atoms with E-state index in [0.29, 0.717) is 12.8 Å². The molecule has 2 saturated heterocycles. The van der Waals surface area contributed by atoms with Crippen LogP contribution in [-0.4, -0.2) is 45.1 Å². The van der Waals surface area contributed by atoms with Gasteiger partial charge in [-0.25, -0.2) is 0 Å². The lowest BCUT2D eigenvalue weighted by atomic mass is 10.1. The predicted molar refractivity (Wildman–Crippen MR) is 77.1 cm³/mol. The number of fused-ring (bicyclic) bond motifs is 1. The Morgan fingerprint density at radius 2 is 2.05 bits per heavy atom. The molecule has 0 radical (unpaired) electrons. The van der Waals surface area contributed by atoms with Crippen molar-refractivity contribution in [3.63, 3.8) is 0 Å². The molecule has 122 valence electrons. The van der Waals surface area contributed by atoms with Gasteiger partial charge in [0.05, 0.1) is 12.4 Å². The van der Waals surface area contributed by atoms with E-state index in [1.807, 2.05) is 32.9 Å². The van der Waals surface area contributed by atoms with Crippen molar-refractivity contribution >= 4 is 10.1 Å². The summed E-state index contributed by atoms with van der Waals surface area (Å²) >= 11 is 0.